The second kappa shape index (κ2) is 4.61. The Morgan fingerprint density at radius 1 is 1.36 bits per heavy atom. The summed E-state index contributed by atoms with van der Waals surface area (Å²) in [6, 6.07) is 0. The molecule has 0 bridgehead atoms. The van der Waals surface area contributed by atoms with Gasteiger partial charge in [0.2, 0.25) is 0 Å². The average molecular weight is 220 g/mol. The summed E-state index contributed by atoms with van der Waals surface area (Å²) in [6.07, 6.45) is 0. The molecule has 66 valence electrons. The number of rotatable bonds is 4. The third kappa shape index (κ3) is 7.01. The SMILES string of the molecule is O=[PH](O)BP(=O)(O)C[PH](=O)O. The van der Waals surface area contributed by atoms with Gasteiger partial charge in [-0.25, -0.2) is 0 Å². The summed E-state index contributed by atoms with van der Waals surface area (Å²) in [7, 11) is -9.91. The molecule has 0 heterocycles. The van der Waals surface area contributed by atoms with Crippen LogP contribution in [0.4, 0.5) is 0 Å². The zero-order valence-corrected chi connectivity index (χ0v) is 8.32. The van der Waals surface area contributed by atoms with E-state index in [-0.39, 0.29) is 0 Å². The van der Waals surface area contributed by atoms with Gasteiger partial charge in [-0.3, -0.25) is 4.57 Å². The Hall–Kier alpha value is 0.635. The third-order valence-corrected chi connectivity index (χ3v) is 6.88. The molecule has 0 aliphatic heterocycles. The maximum Gasteiger partial charge on any atom is 0.338 e. The molecular weight excluding hydrogens is 212 g/mol. The normalized spacial score (nSPS) is 21.7. The predicted octanol–water partition coefficient (Wildman–Crippen LogP) is -0.585. The molecule has 10 heteroatoms. The maximum absolute atomic E-state index is 10.7. The minimum absolute atomic E-state index is 0.769. The first-order valence-corrected chi connectivity index (χ1v) is 7.73. The van der Waals surface area contributed by atoms with E-state index in [0.29, 0.717) is 0 Å². The summed E-state index contributed by atoms with van der Waals surface area (Å²) >= 11 is 0. The molecule has 3 atom stereocenters. The van der Waals surface area contributed by atoms with Gasteiger partial charge in [0.15, 0.2) is 23.2 Å². The van der Waals surface area contributed by atoms with Crippen molar-refractivity contribution in [2.24, 2.45) is 0 Å². The van der Waals surface area contributed by atoms with Gasteiger partial charge in [-0.2, -0.15) is 0 Å². The lowest BCUT2D eigenvalue weighted by atomic mass is 10.7. The van der Waals surface area contributed by atoms with Crippen molar-refractivity contribution in [3.8, 4) is 0 Å². The Balaban J connectivity index is 4.12. The van der Waals surface area contributed by atoms with Crippen LogP contribution in [0.25, 0.3) is 0 Å². The molecule has 6 nitrogen and oxygen atoms in total. The van der Waals surface area contributed by atoms with E-state index in [0.717, 1.165) is 0 Å². The van der Waals surface area contributed by atoms with Crippen LogP contribution in [0.15, 0.2) is 0 Å². The van der Waals surface area contributed by atoms with Gasteiger partial charge in [-0.05, 0) is 0 Å². The fraction of sp³-hybridized carbons (Fsp3) is 1.00. The summed E-state index contributed by atoms with van der Waals surface area (Å²) in [5, 5.41) is 0. The van der Waals surface area contributed by atoms with Crippen LogP contribution in [0.3, 0.4) is 0 Å². The van der Waals surface area contributed by atoms with E-state index in [1.807, 2.05) is 0 Å². The quantitative estimate of drug-likeness (QED) is 0.431. The molecule has 3 unspecified atom stereocenters. The van der Waals surface area contributed by atoms with E-state index >= 15 is 0 Å². The molecule has 3 N–H and O–H groups in total. The van der Waals surface area contributed by atoms with Gasteiger partial charge in [0, 0.05) is 0 Å². The highest BCUT2D eigenvalue weighted by molar-refractivity contribution is 8.11. The molecule has 0 rings (SSSR count). The Kier molecular flexibility index (Phi) is 4.88. The fourth-order valence-electron chi connectivity index (χ4n) is 0.479. The van der Waals surface area contributed by atoms with Crippen LogP contribution in [0.2, 0.25) is 0 Å². The van der Waals surface area contributed by atoms with Crippen LogP contribution in [-0.2, 0) is 13.7 Å². The molecule has 0 aliphatic rings. The molecular formula is CH8BO6P3. The van der Waals surface area contributed by atoms with Gasteiger partial charge in [0.1, 0.15) is 0 Å². The van der Waals surface area contributed by atoms with E-state index in [2.05, 4.69) is 0 Å². The van der Waals surface area contributed by atoms with Crippen molar-refractivity contribution in [2.45, 2.75) is 0 Å². The lowest BCUT2D eigenvalue weighted by Gasteiger charge is -2.04. The zero-order chi connectivity index (χ0) is 9.07. The number of hydrogen-bond acceptors (Lipinski definition) is 3. The summed E-state index contributed by atoms with van der Waals surface area (Å²) in [4.78, 5) is 25.2. The minimum Gasteiger partial charge on any atom is -0.353 e. The first kappa shape index (κ1) is 11.6. The van der Waals surface area contributed by atoms with Gasteiger partial charge < -0.3 is 23.8 Å². The lowest BCUT2D eigenvalue weighted by Crippen LogP contribution is -1.90. The zero-order valence-electron chi connectivity index (χ0n) is 5.43. The molecule has 0 aliphatic carbocycles. The molecule has 0 aromatic heterocycles. The van der Waals surface area contributed by atoms with Crippen LogP contribution >= 0.6 is 23.2 Å². The van der Waals surface area contributed by atoms with Crippen molar-refractivity contribution in [2.75, 3.05) is 5.90 Å². The van der Waals surface area contributed by atoms with Crippen LogP contribution in [0.5, 0.6) is 0 Å². The van der Waals surface area contributed by atoms with Crippen molar-refractivity contribution in [3.63, 3.8) is 0 Å². The molecule has 0 amide bonds. The van der Waals surface area contributed by atoms with E-state index in [1.54, 1.807) is 0 Å². The molecule has 0 radical (unpaired) electrons. The Morgan fingerprint density at radius 2 is 1.82 bits per heavy atom. The topological polar surface area (TPSA) is 112 Å². The van der Waals surface area contributed by atoms with Crippen molar-refractivity contribution >= 4 is 29.9 Å². The highest BCUT2D eigenvalue weighted by atomic mass is 31.2. The fourth-order valence-corrected chi connectivity index (χ4v) is 5.31. The predicted molar refractivity (Wildman–Crippen MR) is 44.3 cm³/mol. The second-order valence-corrected chi connectivity index (χ2v) is 7.75. The summed E-state index contributed by atoms with van der Waals surface area (Å²) < 4.78 is 30.9. The van der Waals surface area contributed by atoms with E-state index in [4.69, 9.17) is 14.7 Å². The second-order valence-electron chi connectivity index (χ2n) is 1.95. The van der Waals surface area contributed by atoms with Gasteiger partial charge in [-0.15, -0.1) is 0 Å². The average Bonchev–Trinajstić information content (AvgIpc) is 1.53. The Bertz CT molecular complexity index is 204. The summed E-state index contributed by atoms with van der Waals surface area (Å²) in [6.45, 7) is -0.769. The highest BCUT2D eigenvalue weighted by Crippen LogP contribution is 2.50. The number of hydrogen-bond donors (Lipinski definition) is 3. The minimum atomic E-state index is -3.84. The molecule has 0 saturated carbocycles. The molecule has 11 heavy (non-hydrogen) atoms. The van der Waals surface area contributed by atoms with Crippen molar-refractivity contribution < 1.29 is 28.4 Å². The largest absolute Gasteiger partial charge is 0.353 e. The van der Waals surface area contributed by atoms with Crippen LogP contribution in [0.1, 0.15) is 0 Å². The molecule has 0 saturated heterocycles. The van der Waals surface area contributed by atoms with Gasteiger partial charge in [0.25, 0.3) is 0 Å². The highest BCUT2D eigenvalue weighted by Gasteiger charge is 2.25. The summed E-state index contributed by atoms with van der Waals surface area (Å²) in [5.41, 5.74) is 0. The molecule has 0 aromatic carbocycles. The first-order chi connectivity index (χ1) is 4.83. The van der Waals surface area contributed by atoms with Crippen LogP contribution < -0.4 is 0 Å². The van der Waals surface area contributed by atoms with E-state index in [9.17, 15) is 13.7 Å². The Labute approximate surface area is 65.0 Å². The maximum atomic E-state index is 10.7. The standard InChI is InChI=1S/CH8BO6P3/c3-9(4)1-11(7,8)2-10(5)6/h2,9-10H,1H2,(H,3,4)(H,5,6)(H,7,8). The smallest absolute Gasteiger partial charge is 0.338 e. The van der Waals surface area contributed by atoms with Crippen LogP contribution in [0, 0.1) is 0 Å². The first-order valence-electron chi connectivity index (χ1n) is 2.58. The van der Waals surface area contributed by atoms with E-state index in [1.165, 1.54) is 0 Å². The lowest BCUT2D eigenvalue weighted by molar-refractivity contribution is 0.488. The molecule has 0 fully saturated rings. The van der Waals surface area contributed by atoms with Crippen molar-refractivity contribution in [3.05, 3.63) is 0 Å². The van der Waals surface area contributed by atoms with Crippen LogP contribution in [-0.4, -0.2) is 27.3 Å². The summed E-state index contributed by atoms with van der Waals surface area (Å²) in [5.74, 6) is -0.769. The third-order valence-electron chi connectivity index (χ3n) is 0.765. The van der Waals surface area contributed by atoms with Crippen molar-refractivity contribution in [1.29, 1.82) is 0 Å². The van der Waals surface area contributed by atoms with Gasteiger partial charge >= 0.3 is 6.72 Å². The molecule has 0 spiro atoms. The van der Waals surface area contributed by atoms with Gasteiger partial charge in [0.05, 0.1) is 5.90 Å². The van der Waals surface area contributed by atoms with Crippen molar-refractivity contribution in [1.82, 2.24) is 0 Å². The molecule has 0 aromatic rings. The monoisotopic (exact) mass is 220 g/mol. The Morgan fingerprint density at radius 3 is 2.09 bits per heavy atom. The van der Waals surface area contributed by atoms with E-state index < -0.39 is 35.8 Å². The van der Waals surface area contributed by atoms with Gasteiger partial charge in [-0.1, -0.05) is 0 Å².